The highest BCUT2D eigenvalue weighted by atomic mass is 79.9. The zero-order chi connectivity index (χ0) is 13.5. The first-order valence-corrected chi connectivity index (χ1v) is 6.81. The molecule has 0 spiro atoms. The molecule has 1 aromatic rings. The topological polar surface area (TPSA) is 38.5 Å². The third-order valence-corrected chi connectivity index (χ3v) is 3.69. The summed E-state index contributed by atoms with van der Waals surface area (Å²) in [6, 6.07) is 4.69. The standard InChI is InChI=1S/C13H20BrFN2O/c1-3-17(6-7-18-2)13(9-16)11-8-10(15)4-5-12(11)14/h4-5,8,13H,3,6-7,9,16H2,1-2H3. The number of likely N-dealkylation sites (N-methyl/N-ethyl adjacent to an activating group) is 1. The molecule has 18 heavy (non-hydrogen) atoms. The van der Waals surface area contributed by atoms with Crippen molar-refractivity contribution in [3.63, 3.8) is 0 Å². The summed E-state index contributed by atoms with van der Waals surface area (Å²) < 4.78 is 19.3. The fourth-order valence-electron chi connectivity index (χ4n) is 1.99. The van der Waals surface area contributed by atoms with Crippen molar-refractivity contribution in [2.45, 2.75) is 13.0 Å². The van der Waals surface area contributed by atoms with Crippen LogP contribution in [0.3, 0.4) is 0 Å². The first-order chi connectivity index (χ1) is 8.63. The van der Waals surface area contributed by atoms with E-state index in [4.69, 9.17) is 10.5 Å². The molecule has 0 aliphatic carbocycles. The Kier molecular flexibility index (Phi) is 6.78. The van der Waals surface area contributed by atoms with E-state index < -0.39 is 0 Å². The zero-order valence-corrected chi connectivity index (χ0v) is 12.4. The van der Waals surface area contributed by atoms with Crippen LogP contribution in [0, 0.1) is 5.82 Å². The van der Waals surface area contributed by atoms with Crippen LogP contribution < -0.4 is 5.73 Å². The molecule has 0 aliphatic rings. The van der Waals surface area contributed by atoms with E-state index in [1.165, 1.54) is 12.1 Å². The predicted molar refractivity (Wildman–Crippen MR) is 75.0 cm³/mol. The second kappa shape index (κ2) is 7.84. The Labute approximate surface area is 116 Å². The van der Waals surface area contributed by atoms with Crippen molar-refractivity contribution in [3.05, 3.63) is 34.1 Å². The summed E-state index contributed by atoms with van der Waals surface area (Å²) in [4.78, 5) is 2.18. The van der Waals surface area contributed by atoms with E-state index in [0.717, 1.165) is 23.1 Å². The molecule has 102 valence electrons. The monoisotopic (exact) mass is 318 g/mol. The van der Waals surface area contributed by atoms with Gasteiger partial charge in [0.15, 0.2) is 0 Å². The molecule has 0 heterocycles. The van der Waals surface area contributed by atoms with Crippen LogP contribution in [0.4, 0.5) is 4.39 Å². The van der Waals surface area contributed by atoms with Crippen molar-refractivity contribution < 1.29 is 9.13 Å². The average molecular weight is 319 g/mol. The molecular formula is C13H20BrFN2O. The molecule has 0 amide bonds. The van der Waals surface area contributed by atoms with E-state index in [0.29, 0.717) is 13.2 Å². The van der Waals surface area contributed by atoms with Gasteiger partial charge in [0.2, 0.25) is 0 Å². The van der Waals surface area contributed by atoms with Crippen LogP contribution in [0.15, 0.2) is 22.7 Å². The summed E-state index contributed by atoms with van der Waals surface area (Å²) in [5, 5.41) is 0. The van der Waals surface area contributed by atoms with Gasteiger partial charge in [0.1, 0.15) is 5.82 Å². The molecule has 1 aromatic carbocycles. The minimum absolute atomic E-state index is 0.00442. The van der Waals surface area contributed by atoms with E-state index in [1.807, 2.05) is 0 Å². The number of ether oxygens (including phenoxy) is 1. The van der Waals surface area contributed by atoms with E-state index in [2.05, 4.69) is 27.8 Å². The molecule has 1 rings (SSSR count). The minimum atomic E-state index is -0.241. The SMILES string of the molecule is CCN(CCOC)C(CN)c1cc(F)ccc1Br. The molecule has 2 N–H and O–H groups in total. The van der Waals surface area contributed by atoms with Gasteiger partial charge in [-0.15, -0.1) is 0 Å². The zero-order valence-electron chi connectivity index (χ0n) is 10.8. The van der Waals surface area contributed by atoms with Crippen molar-refractivity contribution in [2.75, 3.05) is 33.4 Å². The molecule has 1 atom stereocenters. The van der Waals surface area contributed by atoms with Gasteiger partial charge in [-0.25, -0.2) is 4.39 Å². The number of nitrogens with two attached hydrogens (primary N) is 1. The number of halogens is 2. The Bertz CT molecular complexity index is 376. The Morgan fingerprint density at radius 2 is 2.22 bits per heavy atom. The van der Waals surface area contributed by atoms with Gasteiger partial charge in [-0.3, -0.25) is 4.90 Å². The molecule has 0 aromatic heterocycles. The number of benzene rings is 1. The first-order valence-electron chi connectivity index (χ1n) is 6.02. The quantitative estimate of drug-likeness (QED) is 0.839. The Morgan fingerprint density at radius 3 is 2.78 bits per heavy atom. The fourth-order valence-corrected chi connectivity index (χ4v) is 2.50. The lowest BCUT2D eigenvalue weighted by atomic mass is 10.1. The molecule has 1 unspecified atom stereocenters. The maximum atomic E-state index is 13.4. The third kappa shape index (κ3) is 4.02. The lowest BCUT2D eigenvalue weighted by Crippen LogP contribution is -2.36. The second-order valence-corrected chi connectivity index (χ2v) is 4.89. The van der Waals surface area contributed by atoms with Crippen LogP contribution >= 0.6 is 15.9 Å². The summed E-state index contributed by atoms with van der Waals surface area (Å²) in [6.45, 7) is 4.76. The van der Waals surface area contributed by atoms with Gasteiger partial charge in [-0.2, -0.15) is 0 Å². The molecule has 0 aliphatic heterocycles. The van der Waals surface area contributed by atoms with Gasteiger partial charge in [-0.05, 0) is 30.3 Å². The maximum absolute atomic E-state index is 13.4. The molecule has 0 radical (unpaired) electrons. The van der Waals surface area contributed by atoms with Crippen molar-refractivity contribution in [2.24, 2.45) is 5.73 Å². The number of methoxy groups -OCH3 is 1. The minimum Gasteiger partial charge on any atom is -0.383 e. The van der Waals surface area contributed by atoms with Gasteiger partial charge in [0.25, 0.3) is 0 Å². The van der Waals surface area contributed by atoms with Crippen LogP contribution in [-0.4, -0.2) is 38.3 Å². The van der Waals surface area contributed by atoms with E-state index in [1.54, 1.807) is 13.2 Å². The highest BCUT2D eigenvalue weighted by molar-refractivity contribution is 9.10. The third-order valence-electron chi connectivity index (χ3n) is 2.97. The summed E-state index contributed by atoms with van der Waals surface area (Å²) >= 11 is 3.46. The van der Waals surface area contributed by atoms with Crippen molar-refractivity contribution in [1.29, 1.82) is 0 Å². The summed E-state index contributed by atoms with van der Waals surface area (Å²) in [5.41, 5.74) is 6.73. The van der Waals surface area contributed by atoms with Gasteiger partial charge in [-0.1, -0.05) is 22.9 Å². The Balaban J connectivity index is 2.95. The molecule has 0 saturated heterocycles. The fraction of sp³-hybridized carbons (Fsp3) is 0.538. The second-order valence-electron chi connectivity index (χ2n) is 4.04. The smallest absolute Gasteiger partial charge is 0.123 e. The van der Waals surface area contributed by atoms with Crippen LogP contribution in [0.25, 0.3) is 0 Å². The summed E-state index contributed by atoms with van der Waals surface area (Å²) in [7, 11) is 1.67. The highest BCUT2D eigenvalue weighted by Gasteiger charge is 2.20. The van der Waals surface area contributed by atoms with Crippen LogP contribution in [0.1, 0.15) is 18.5 Å². The van der Waals surface area contributed by atoms with Crippen LogP contribution in [0.2, 0.25) is 0 Å². The van der Waals surface area contributed by atoms with Crippen molar-refractivity contribution in [1.82, 2.24) is 4.90 Å². The maximum Gasteiger partial charge on any atom is 0.123 e. The first kappa shape index (κ1) is 15.6. The molecule has 0 saturated carbocycles. The van der Waals surface area contributed by atoms with Crippen LogP contribution in [-0.2, 0) is 4.74 Å². The number of nitrogens with zero attached hydrogens (tertiary/aromatic N) is 1. The van der Waals surface area contributed by atoms with Crippen molar-refractivity contribution in [3.8, 4) is 0 Å². The van der Waals surface area contributed by atoms with Gasteiger partial charge < -0.3 is 10.5 Å². The van der Waals surface area contributed by atoms with Crippen molar-refractivity contribution >= 4 is 15.9 Å². The average Bonchev–Trinajstić information content (AvgIpc) is 2.38. The number of hydrogen-bond acceptors (Lipinski definition) is 3. The molecular weight excluding hydrogens is 299 g/mol. The van der Waals surface area contributed by atoms with Crippen LogP contribution in [0.5, 0.6) is 0 Å². The lowest BCUT2D eigenvalue weighted by molar-refractivity contribution is 0.125. The molecule has 0 bridgehead atoms. The van der Waals surface area contributed by atoms with E-state index in [9.17, 15) is 4.39 Å². The van der Waals surface area contributed by atoms with Gasteiger partial charge in [0, 0.05) is 30.7 Å². The predicted octanol–water partition coefficient (Wildman–Crippen LogP) is 2.56. The lowest BCUT2D eigenvalue weighted by Gasteiger charge is -2.30. The van der Waals surface area contributed by atoms with Gasteiger partial charge >= 0.3 is 0 Å². The molecule has 5 heteroatoms. The van der Waals surface area contributed by atoms with E-state index in [-0.39, 0.29) is 11.9 Å². The Hall–Kier alpha value is -0.490. The highest BCUT2D eigenvalue weighted by Crippen LogP contribution is 2.27. The summed E-state index contributed by atoms with van der Waals surface area (Å²) in [5.74, 6) is -0.241. The Morgan fingerprint density at radius 1 is 1.50 bits per heavy atom. The van der Waals surface area contributed by atoms with Gasteiger partial charge in [0.05, 0.1) is 6.61 Å². The number of rotatable bonds is 7. The number of hydrogen-bond donors (Lipinski definition) is 1. The van der Waals surface area contributed by atoms with E-state index >= 15 is 0 Å². The molecule has 0 fully saturated rings. The summed E-state index contributed by atoms with van der Waals surface area (Å²) in [6.07, 6.45) is 0. The molecule has 3 nitrogen and oxygen atoms in total. The largest absolute Gasteiger partial charge is 0.383 e. The normalized spacial score (nSPS) is 13.0.